The average molecular weight is 387 g/mol. The normalized spacial score (nSPS) is 10.4. The standard InChI is InChI=1S/C16H16ClIO/c17-14-5-3-6-16(12-14)19-15-9-7-13(8-10-15)4-1-2-11-18/h3,5-10,12H,1-2,4,11H2. The van der Waals surface area contributed by atoms with Crippen LogP contribution < -0.4 is 4.74 Å². The first-order valence-corrected chi connectivity index (χ1v) is 8.26. The highest BCUT2D eigenvalue weighted by Gasteiger charge is 1.99. The number of halogens is 2. The maximum absolute atomic E-state index is 5.93. The van der Waals surface area contributed by atoms with Gasteiger partial charge in [-0.25, -0.2) is 0 Å². The molecule has 0 unspecified atom stereocenters. The van der Waals surface area contributed by atoms with Crippen molar-refractivity contribution in [2.24, 2.45) is 0 Å². The summed E-state index contributed by atoms with van der Waals surface area (Å²) in [4.78, 5) is 0. The largest absolute Gasteiger partial charge is 0.457 e. The lowest BCUT2D eigenvalue weighted by Gasteiger charge is -2.07. The monoisotopic (exact) mass is 386 g/mol. The Balaban J connectivity index is 1.95. The molecule has 2 rings (SSSR count). The predicted molar refractivity (Wildman–Crippen MR) is 89.8 cm³/mol. The zero-order valence-electron chi connectivity index (χ0n) is 10.6. The zero-order valence-corrected chi connectivity index (χ0v) is 13.5. The van der Waals surface area contributed by atoms with Gasteiger partial charge in [0.1, 0.15) is 11.5 Å². The molecule has 0 N–H and O–H groups in total. The Morgan fingerprint density at radius 2 is 1.74 bits per heavy atom. The first-order chi connectivity index (χ1) is 9.28. The Bertz CT molecular complexity index is 510. The van der Waals surface area contributed by atoms with E-state index in [1.807, 2.05) is 36.4 Å². The molecule has 0 radical (unpaired) electrons. The van der Waals surface area contributed by atoms with Gasteiger partial charge in [-0.1, -0.05) is 52.4 Å². The van der Waals surface area contributed by atoms with Gasteiger partial charge in [-0.15, -0.1) is 0 Å². The molecule has 0 fully saturated rings. The van der Waals surface area contributed by atoms with E-state index >= 15 is 0 Å². The van der Waals surface area contributed by atoms with Gasteiger partial charge in [0, 0.05) is 5.02 Å². The van der Waals surface area contributed by atoms with Crippen molar-refractivity contribution in [3.05, 3.63) is 59.1 Å². The van der Waals surface area contributed by atoms with E-state index in [1.165, 1.54) is 22.8 Å². The van der Waals surface area contributed by atoms with Crippen LogP contribution in [0.25, 0.3) is 0 Å². The highest BCUT2D eigenvalue weighted by molar-refractivity contribution is 14.1. The van der Waals surface area contributed by atoms with Crippen molar-refractivity contribution >= 4 is 34.2 Å². The zero-order chi connectivity index (χ0) is 13.5. The summed E-state index contributed by atoms with van der Waals surface area (Å²) in [6.07, 6.45) is 3.67. The molecule has 0 aliphatic carbocycles. The molecule has 0 spiro atoms. The number of ether oxygens (including phenoxy) is 1. The van der Waals surface area contributed by atoms with Crippen molar-refractivity contribution in [3.8, 4) is 11.5 Å². The summed E-state index contributed by atoms with van der Waals surface area (Å²) in [6, 6.07) is 15.7. The lowest BCUT2D eigenvalue weighted by Crippen LogP contribution is -1.88. The Morgan fingerprint density at radius 3 is 2.42 bits per heavy atom. The molecule has 19 heavy (non-hydrogen) atoms. The third-order valence-electron chi connectivity index (χ3n) is 2.80. The van der Waals surface area contributed by atoms with Crippen LogP contribution in [0.4, 0.5) is 0 Å². The summed E-state index contributed by atoms with van der Waals surface area (Å²) >= 11 is 8.35. The molecular weight excluding hydrogens is 371 g/mol. The fourth-order valence-electron chi connectivity index (χ4n) is 1.81. The molecule has 0 heterocycles. The highest BCUT2D eigenvalue weighted by Crippen LogP contribution is 2.24. The molecule has 2 aromatic carbocycles. The third-order valence-corrected chi connectivity index (χ3v) is 3.80. The first-order valence-electron chi connectivity index (χ1n) is 6.36. The van der Waals surface area contributed by atoms with Gasteiger partial charge in [-0.3, -0.25) is 0 Å². The molecular formula is C16H16ClIO. The molecule has 0 atom stereocenters. The van der Waals surface area contributed by atoms with Crippen LogP contribution in [0.2, 0.25) is 5.02 Å². The highest BCUT2D eigenvalue weighted by atomic mass is 127. The fourth-order valence-corrected chi connectivity index (χ4v) is 2.53. The van der Waals surface area contributed by atoms with Crippen LogP contribution in [0.3, 0.4) is 0 Å². The van der Waals surface area contributed by atoms with Gasteiger partial charge < -0.3 is 4.74 Å². The van der Waals surface area contributed by atoms with Gasteiger partial charge in [-0.05, 0) is 59.6 Å². The molecule has 0 aromatic heterocycles. The molecule has 3 heteroatoms. The molecule has 2 aromatic rings. The molecule has 0 aliphatic rings. The van der Waals surface area contributed by atoms with Gasteiger partial charge in [-0.2, -0.15) is 0 Å². The van der Waals surface area contributed by atoms with E-state index < -0.39 is 0 Å². The summed E-state index contributed by atoms with van der Waals surface area (Å²) in [5, 5.41) is 0.688. The molecule has 0 amide bonds. The quantitative estimate of drug-likeness (QED) is 0.342. The van der Waals surface area contributed by atoms with Crippen LogP contribution in [-0.2, 0) is 6.42 Å². The van der Waals surface area contributed by atoms with E-state index in [0.29, 0.717) is 5.02 Å². The van der Waals surface area contributed by atoms with Crippen LogP contribution in [0.15, 0.2) is 48.5 Å². The smallest absolute Gasteiger partial charge is 0.128 e. The summed E-state index contributed by atoms with van der Waals surface area (Å²) in [5.41, 5.74) is 1.36. The number of aryl methyl sites for hydroxylation is 1. The lowest BCUT2D eigenvalue weighted by molar-refractivity contribution is 0.482. The second-order valence-corrected chi connectivity index (χ2v) is 5.86. The maximum Gasteiger partial charge on any atom is 0.128 e. The number of unbranched alkanes of at least 4 members (excludes halogenated alkanes) is 1. The summed E-state index contributed by atoms with van der Waals surface area (Å²) < 4.78 is 6.98. The van der Waals surface area contributed by atoms with Crippen LogP contribution in [0.5, 0.6) is 11.5 Å². The van der Waals surface area contributed by atoms with Crippen molar-refractivity contribution in [2.75, 3.05) is 4.43 Å². The Labute approximate surface area is 133 Å². The molecule has 1 nitrogen and oxygen atoms in total. The number of hydrogen-bond donors (Lipinski definition) is 0. The van der Waals surface area contributed by atoms with Gasteiger partial charge in [0.05, 0.1) is 0 Å². The number of alkyl halides is 1. The predicted octanol–water partition coefficient (Wildman–Crippen LogP) is 5.89. The second kappa shape index (κ2) is 7.75. The van der Waals surface area contributed by atoms with Crippen LogP contribution >= 0.6 is 34.2 Å². The summed E-state index contributed by atoms with van der Waals surface area (Å²) in [5.74, 6) is 1.62. The topological polar surface area (TPSA) is 9.23 Å². The van der Waals surface area contributed by atoms with Crippen molar-refractivity contribution in [2.45, 2.75) is 19.3 Å². The van der Waals surface area contributed by atoms with E-state index in [2.05, 4.69) is 34.7 Å². The fraction of sp³-hybridized carbons (Fsp3) is 0.250. The average Bonchev–Trinajstić information content (AvgIpc) is 2.41. The maximum atomic E-state index is 5.93. The van der Waals surface area contributed by atoms with Gasteiger partial charge in [0.2, 0.25) is 0 Å². The summed E-state index contributed by atoms with van der Waals surface area (Å²) in [7, 11) is 0. The van der Waals surface area contributed by atoms with Crippen molar-refractivity contribution in [3.63, 3.8) is 0 Å². The minimum absolute atomic E-state index is 0.688. The van der Waals surface area contributed by atoms with Crippen LogP contribution in [0.1, 0.15) is 18.4 Å². The number of benzene rings is 2. The van der Waals surface area contributed by atoms with E-state index in [4.69, 9.17) is 16.3 Å². The minimum atomic E-state index is 0.688. The van der Waals surface area contributed by atoms with E-state index in [9.17, 15) is 0 Å². The lowest BCUT2D eigenvalue weighted by atomic mass is 10.1. The van der Waals surface area contributed by atoms with Crippen molar-refractivity contribution in [1.29, 1.82) is 0 Å². The Hall–Kier alpha value is -0.740. The first kappa shape index (κ1) is 14.7. The van der Waals surface area contributed by atoms with E-state index in [1.54, 1.807) is 0 Å². The second-order valence-electron chi connectivity index (χ2n) is 4.35. The van der Waals surface area contributed by atoms with Gasteiger partial charge in [0.25, 0.3) is 0 Å². The SMILES string of the molecule is Clc1cccc(Oc2ccc(CCCCI)cc2)c1. The molecule has 0 aliphatic heterocycles. The van der Waals surface area contributed by atoms with Crippen LogP contribution in [-0.4, -0.2) is 4.43 Å². The third kappa shape index (κ3) is 5.03. The van der Waals surface area contributed by atoms with Crippen molar-refractivity contribution < 1.29 is 4.74 Å². The minimum Gasteiger partial charge on any atom is -0.457 e. The number of hydrogen-bond acceptors (Lipinski definition) is 1. The Kier molecular flexibility index (Phi) is 5.98. The molecule has 0 saturated carbocycles. The molecule has 0 bridgehead atoms. The molecule has 0 saturated heterocycles. The van der Waals surface area contributed by atoms with E-state index in [0.717, 1.165) is 17.9 Å². The van der Waals surface area contributed by atoms with E-state index in [-0.39, 0.29) is 0 Å². The van der Waals surface area contributed by atoms with Gasteiger partial charge >= 0.3 is 0 Å². The van der Waals surface area contributed by atoms with Gasteiger partial charge in [0.15, 0.2) is 0 Å². The molecule has 100 valence electrons. The Morgan fingerprint density at radius 1 is 0.947 bits per heavy atom. The van der Waals surface area contributed by atoms with Crippen LogP contribution in [0, 0.1) is 0 Å². The van der Waals surface area contributed by atoms with Crippen molar-refractivity contribution in [1.82, 2.24) is 0 Å². The number of rotatable bonds is 6. The summed E-state index contributed by atoms with van der Waals surface area (Å²) in [6.45, 7) is 0.